The molecule has 30 heavy (non-hydrogen) atoms. The molecule has 1 N–H and O–H groups in total. The minimum absolute atomic E-state index is 0.0451. The lowest BCUT2D eigenvalue weighted by atomic mass is 10.1. The van der Waals surface area contributed by atoms with E-state index in [-0.39, 0.29) is 18.2 Å². The number of para-hydroxylation sites is 1. The molecule has 0 saturated carbocycles. The van der Waals surface area contributed by atoms with E-state index < -0.39 is 0 Å². The number of aryl methyl sites for hydroxylation is 2. The number of thiazole rings is 1. The van der Waals surface area contributed by atoms with Crippen molar-refractivity contribution in [2.45, 2.75) is 39.0 Å². The first-order valence-electron chi connectivity index (χ1n) is 10.2. The second kappa shape index (κ2) is 9.21. The fourth-order valence-corrected chi connectivity index (χ4v) is 4.41. The van der Waals surface area contributed by atoms with E-state index in [4.69, 9.17) is 0 Å². The Hall–Kier alpha value is -3.00. The van der Waals surface area contributed by atoms with Gasteiger partial charge in [-0.2, -0.15) is 5.10 Å². The van der Waals surface area contributed by atoms with Crippen LogP contribution in [0.15, 0.2) is 41.9 Å². The Morgan fingerprint density at radius 3 is 2.87 bits per heavy atom. The number of carbonyl (C=O) groups excluding carboxylic acids is 2. The third-order valence-corrected chi connectivity index (χ3v) is 6.06. The maximum atomic E-state index is 12.2. The van der Waals surface area contributed by atoms with Gasteiger partial charge >= 0.3 is 0 Å². The van der Waals surface area contributed by atoms with Gasteiger partial charge in [-0.15, -0.1) is 11.3 Å². The number of hydrogen-bond acceptors (Lipinski definition) is 5. The quantitative estimate of drug-likeness (QED) is 0.565. The van der Waals surface area contributed by atoms with Crippen LogP contribution in [0.3, 0.4) is 0 Å². The first kappa shape index (κ1) is 20.3. The highest BCUT2D eigenvalue weighted by Crippen LogP contribution is 2.25. The number of carbonyl (C=O) groups is 2. The summed E-state index contributed by atoms with van der Waals surface area (Å²) in [5.41, 5.74) is 3.95. The summed E-state index contributed by atoms with van der Waals surface area (Å²) in [4.78, 5) is 30.2. The first-order valence-corrected chi connectivity index (χ1v) is 11.1. The monoisotopic (exact) mass is 423 g/mol. The molecule has 1 fully saturated rings. The van der Waals surface area contributed by atoms with Crippen LogP contribution in [0.5, 0.6) is 0 Å². The van der Waals surface area contributed by atoms with Crippen molar-refractivity contribution in [3.05, 3.63) is 58.9 Å². The van der Waals surface area contributed by atoms with Crippen molar-refractivity contribution >= 4 is 28.3 Å². The zero-order valence-corrected chi connectivity index (χ0v) is 17.8. The topological polar surface area (TPSA) is 80.1 Å². The maximum Gasteiger partial charge on any atom is 0.228 e. The van der Waals surface area contributed by atoms with Crippen LogP contribution in [-0.4, -0.2) is 39.7 Å². The van der Waals surface area contributed by atoms with E-state index in [1.165, 1.54) is 16.9 Å². The van der Waals surface area contributed by atoms with E-state index >= 15 is 0 Å². The Bertz CT molecular complexity index is 1030. The van der Waals surface area contributed by atoms with Crippen LogP contribution >= 0.6 is 11.3 Å². The second-order valence-corrected chi connectivity index (χ2v) is 8.26. The molecule has 3 aromatic rings. The van der Waals surface area contributed by atoms with Gasteiger partial charge < -0.3 is 5.32 Å². The third kappa shape index (κ3) is 4.76. The van der Waals surface area contributed by atoms with Crippen molar-refractivity contribution in [2.75, 3.05) is 18.0 Å². The minimum Gasteiger partial charge on any atom is -0.356 e. The van der Waals surface area contributed by atoms with Crippen LogP contribution in [0.4, 0.5) is 5.13 Å². The molecule has 2 aromatic heterocycles. The van der Waals surface area contributed by atoms with Crippen molar-refractivity contribution in [3.8, 4) is 5.69 Å². The SMILES string of the molecule is Cc1nn(-c2ccccc2)cc1CCCNC(=O)Cc1csc(N2CCCC2=O)n1. The number of anilines is 1. The Morgan fingerprint density at radius 2 is 2.10 bits per heavy atom. The highest BCUT2D eigenvalue weighted by molar-refractivity contribution is 7.14. The largest absolute Gasteiger partial charge is 0.356 e. The molecule has 2 amide bonds. The van der Waals surface area contributed by atoms with Gasteiger partial charge in [0, 0.05) is 31.1 Å². The van der Waals surface area contributed by atoms with Gasteiger partial charge in [0.15, 0.2) is 5.13 Å². The van der Waals surface area contributed by atoms with E-state index in [2.05, 4.69) is 21.6 Å². The predicted molar refractivity (Wildman–Crippen MR) is 117 cm³/mol. The van der Waals surface area contributed by atoms with E-state index in [9.17, 15) is 9.59 Å². The summed E-state index contributed by atoms with van der Waals surface area (Å²) in [5, 5.41) is 10.1. The van der Waals surface area contributed by atoms with Crippen LogP contribution in [-0.2, 0) is 22.4 Å². The van der Waals surface area contributed by atoms with Crippen LogP contribution < -0.4 is 10.2 Å². The molecule has 1 aliphatic rings. The highest BCUT2D eigenvalue weighted by Gasteiger charge is 2.24. The number of nitrogens with one attached hydrogen (secondary N) is 1. The molecular weight excluding hydrogens is 398 g/mol. The number of hydrogen-bond donors (Lipinski definition) is 1. The number of aromatic nitrogens is 3. The smallest absolute Gasteiger partial charge is 0.228 e. The van der Waals surface area contributed by atoms with Crippen molar-refractivity contribution in [1.29, 1.82) is 0 Å². The average molecular weight is 424 g/mol. The van der Waals surface area contributed by atoms with E-state index in [0.29, 0.717) is 23.8 Å². The number of nitrogens with zero attached hydrogens (tertiary/aromatic N) is 4. The van der Waals surface area contributed by atoms with Crippen LogP contribution in [0.1, 0.15) is 36.2 Å². The average Bonchev–Trinajstić information content (AvgIpc) is 3.46. The molecule has 0 spiro atoms. The minimum atomic E-state index is -0.0451. The first-order chi connectivity index (χ1) is 14.6. The zero-order chi connectivity index (χ0) is 20.9. The molecule has 1 aliphatic heterocycles. The van der Waals surface area contributed by atoms with Crippen molar-refractivity contribution in [3.63, 3.8) is 0 Å². The molecular formula is C22H25N5O2S. The van der Waals surface area contributed by atoms with Gasteiger partial charge in [-0.1, -0.05) is 18.2 Å². The van der Waals surface area contributed by atoms with E-state index in [1.54, 1.807) is 4.90 Å². The lowest BCUT2D eigenvalue weighted by molar-refractivity contribution is -0.120. The van der Waals surface area contributed by atoms with Crippen molar-refractivity contribution < 1.29 is 9.59 Å². The summed E-state index contributed by atoms with van der Waals surface area (Å²) >= 11 is 1.42. The molecule has 1 aromatic carbocycles. The molecule has 8 heteroatoms. The van der Waals surface area contributed by atoms with Gasteiger partial charge in [0.05, 0.1) is 23.5 Å². The Balaban J connectivity index is 1.22. The van der Waals surface area contributed by atoms with E-state index in [0.717, 1.165) is 37.2 Å². The molecule has 0 aliphatic carbocycles. The van der Waals surface area contributed by atoms with Gasteiger partial charge in [0.1, 0.15) is 0 Å². The lowest BCUT2D eigenvalue weighted by Gasteiger charge is -2.10. The fourth-order valence-electron chi connectivity index (χ4n) is 3.54. The molecule has 0 bridgehead atoms. The molecule has 0 atom stereocenters. The lowest BCUT2D eigenvalue weighted by Crippen LogP contribution is -2.27. The van der Waals surface area contributed by atoms with Gasteiger partial charge in [0.2, 0.25) is 11.8 Å². The van der Waals surface area contributed by atoms with Gasteiger partial charge in [-0.3, -0.25) is 14.5 Å². The predicted octanol–water partition coefficient (Wildman–Crippen LogP) is 3.06. The Morgan fingerprint density at radius 1 is 1.27 bits per heavy atom. The molecule has 0 unspecified atom stereocenters. The molecule has 3 heterocycles. The van der Waals surface area contributed by atoms with Crippen LogP contribution in [0, 0.1) is 6.92 Å². The number of rotatable bonds is 8. The molecule has 1 saturated heterocycles. The van der Waals surface area contributed by atoms with Crippen LogP contribution in [0.2, 0.25) is 0 Å². The van der Waals surface area contributed by atoms with E-state index in [1.807, 2.05) is 47.3 Å². The van der Waals surface area contributed by atoms with Gasteiger partial charge in [-0.25, -0.2) is 9.67 Å². The Kier molecular flexibility index (Phi) is 6.23. The second-order valence-electron chi connectivity index (χ2n) is 7.42. The molecule has 156 valence electrons. The summed E-state index contributed by atoms with van der Waals surface area (Å²) in [6, 6.07) is 10.0. The van der Waals surface area contributed by atoms with Crippen molar-refractivity contribution in [1.82, 2.24) is 20.1 Å². The fraction of sp³-hybridized carbons (Fsp3) is 0.364. The summed E-state index contributed by atoms with van der Waals surface area (Å²) in [7, 11) is 0. The van der Waals surface area contributed by atoms with Gasteiger partial charge in [0.25, 0.3) is 0 Å². The van der Waals surface area contributed by atoms with Crippen molar-refractivity contribution in [2.24, 2.45) is 0 Å². The standard InChI is InChI=1S/C22H25N5O2S/c1-16-17(14-27(25-16)19-8-3-2-4-9-19)7-5-11-23-20(28)13-18-15-30-22(24-18)26-12-6-10-21(26)29/h2-4,8-9,14-15H,5-7,10-13H2,1H3,(H,23,28). The zero-order valence-electron chi connectivity index (χ0n) is 17.0. The third-order valence-electron chi connectivity index (χ3n) is 5.15. The summed E-state index contributed by atoms with van der Waals surface area (Å²) in [5.74, 6) is 0.0718. The van der Waals surface area contributed by atoms with Gasteiger partial charge in [-0.05, 0) is 43.9 Å². The highest BCUT2D eigenvalue weighted by atomic mass is 32.1. The Labute approximate surface area is 179 Å². The molecule has 7 nitrogen and oxygen atoms in total. The molecule has 0 radical (unpaired) electrons. The molecule has 4 rings (SSSR count). The number of amides is 2. The normalized spacial score (nSPS) is 13.8. The van der Waals surface area contributed by atoms with Crippen LogP contribution in [0.25, 0.3) is 5.69 Å². The summed E-state index contributed by atoms with van der Waals surface area (Å²) in [6.45, 7) is 3.34. The summed E-state index contributed by atoms with van der Waals surface area (Å²) < 4.78 is 1.90. The summed E-state index contributed by atoms with van der Waals surface area (Å²) in [6.07, 6.45) is 5.46. The number of benzene rings is 1. The maximum absolute atomic E-state index is 12.2.